The minimum atomic E-state index is 0.175. The molecule has 21 heavy (non-hydrogen) atoms. The smallest absolute Gasteiger partial charge is 0.228 e. The summed E-state index contributed by atoms with van der Waals surface area (Å²) in [5.74, 6) is 1.62. The highest BCUT2D eigenvalue weighted by atomic mass is 32.1. The zero-order chi connectivity index (χ0) is 15.0. The highest BCUT2D eigenvalue weighted by molar-refractivity contribution is 7.09. The molecule has 0 aromatic carbocycles. The van der Waals surface area contributed by atoms with Crippen molar-refractivity contribution in [3.63, 3.8) is 0 Å². The number of hydrogen-bond donors (Lipinski definition) is 0. The van der Waals surface area contributed by atoms with E-state index in [0.717, 1.165) is 41.7 Å². The summed E-state index contributed by atoms with van der Waals surface area (Å²) >= 11 is 1.60. The molecular weight excluding hydrogens is 284 g/mol. The summed E-state index contributed by atoms with van der Waals surface area (Å²) in [5.41, 5.74) is 1.93. The van der Waals surface area contributed by atoms with Crippen LogP contribution in [-0.2, 0) is 18.3 Å². The van der Waals surface area contributed by atoms with E-state index in [1.807, 2.05) is 37.4 Å². The van der Waals surface area contributed by atoms with Gasteiger partial charge in [-0.3, -0.25) is 4.79 Å². The molecule has 1 fully saturated rings. The molecule has 2 aromatic rings. The van der Waals surface area contributed by atoms with E-state index < -0.39 is 0 Å². The predicted molar refractivity (Wildman–Crippen MR) is 82.4 cm³/mol. The molecule has 1 aliphatic rings. The van der Waals surface area contributed by atoms with Gasteiger partial charge in [0.1, 0.15) is 5.82 Å². The van der Waals surface area contributed by atoms with E-state index in [1.54, 1.807) is 11.3 Å². The van der Waals surface area contributed by atoms with Crippen molar-refractivity contribution < 1.29 is 4.79 Å². The number of amides is 1. The first-order valence-electron chi connectivity index (χ1n) is 7.21. The maximum atomic E-state index is 12.4. The van der Waals surface area contributed by atoms with Gasteiger partial charge in [-0.2, -0.15) is 0 Å². The Balaban J connectivity index is 1.64. The van der Waals surface area contributed by atoms with E-state index >= 15 is 0 Å². The fraction of sp³-hybridized carbons (Fsp3) is 0.533. The van der Waals surface area contributed by atoms with Crippen LogP contribution in [-0.4, -0.2) is 38.4 Å². The second-order valence-electron chi connectivity index (χ2n) is 5.71. The van der Waals surface area contributed by atoms with Crippen molar-refractivity contribution >= 4 is 17.2 Å². The molecule has 3 heterocycles. The summed E-state index contributed by atoms with van der Waals surface area (Å²) in [6.45, 7) is 5.56. The molecule has 0 aliphatic carbocycles. The van der Waals surface area contributed by atoms with Gasteiger partial charge < -0.3 is 9.47 Å². The van der Waals surface area contributed by atoms with Gasteiger partial charge in [0.05, 0.1) is 22.8 Å². The molecule has 0 spiro atoms. The van der Waals surface area contributed by atoms with Gasteiger partial charge in [0.15, 0.2) is 0 Å². The monoisotopic (exact) mass is 304 g/mol. The molecule has 2 aromatic heterocycles. The number of imidazole rings is 1. The highest BCUT2D eigenvalue weighted by Crippen LogP contribution is 2.26. The Kier molecular flexibility index (Phi) is 3.80. The first-order chi connectivity index (χ1) is 10.0. The zero-order valence-electron chi connectivity index (χ0n) is 12.7. The number of aromatic nitrogens is 3. The van der Waals surface area contributed by atoms with Crippen LogP contribution in [0.1, 0.15) is 34.6 Å². The second-order valence-corrected chi connectivity index (χ2v) is 6.77. The molecule has 1 amide bonds. The number of aryl methyl sites for hydroxylation is 3. The Morgan fingerprint density at radius 2 is 2.24 bits per heavy atom. The van der Waals surface area contributed by atoms with Gasteiger partial charge >= 0.3 is 0 Å². The number of hydrogen-bond acceptors (Lipinski definition) is 4. The molecule has 1 aliphatic heterocycles. The molecule has 3 rings (SSSR count). The summed E-state index contributed by atoms with van der Waals surface area (Å²) in [7, 11) is 2.03. The summed E-state index contributed by atoms with van der Waals surface area (Å²) in [6.07, 6.45) is 3.45. The normalized spacial score (nSPS) is 18.4. The predicted octanol–water partition coefficient (Wildman–Crippen LogP) is 2.05. The molecular formula is C15H20N4OS. The van der Waals surface area contributed by atoms with E-state index in [1.165, 1.54) is 0 Å². The maximum absolute atomic E-state index is 12.4. The average molecular weight is 304 g/mol. The average Bonchev–Trinajstić information content (AvgIpc) is 3.10. The van der Waals surface area contributed by atoms with Crippen molar-refractivity contribution in [1.82, 2.24) is 19.4 Å². The van der Waals surface area contributed by atoms with Crippen LogP contribution < -0.4 is 0 Å². The van der Waals surface area contributed by atoms with Crippen molar-refractivity contribution in [2.24, 2.45) is 7.05 Å². The van der Waals surface area contributed by atoms with Crippen LogP contribution in [0.5, 0.6) is 0 Å². The number of rotatable bonds is 3. The van der Waals surface area contributed by atoms with Gasteiger partial charge in [0.25, 0.3) is 0 Å². The van der Waals surface area contributed by atoms with Crippen LogP contribution in [0.25, 0.3) is 0 Å². The lowest BCUT2D eigenvalue weighted by Gasteiger charge is -2.16. The Morgan fingerprint density at radius 1 is 1.43 bits per heavy atom. The van der Waals surface area contributed by atoms with Crippen LogP contribution in [0, 0.1) is 13.8 Å². The van der Waals surface area contributed by atoms with Crippen molar-refractivity contribution in [3.8, 4) is 0 Å². The SMILES string of the molecule is Cc1cn(C)c([C@@H]2CCN(C(=O)Cc3csc(C)n3)C2)n1. The first-order valence-corrected chi connectivity index (χ1v) is 8.09. The lowest BCUT2D eigenvalue weighted by atomic mass is 10.1. The summed E-state index contributed by atoms with van der Waals surface area (Å²) in [4.78, 5) is 23.3. The van der Waals surface area contributed by atoms with E-state index in [0.29, 0.717) is 12.3 Å². The molecule has 0 unspecified atom stereocenters. The minimum Gasteiger partial charge on any atom is -0.342 e. The summed E-state index contributed by atoms with van der Waals surface area (Å²) < 4.78 is 2.08. The molecule has 1 saturated heterocycles. The Bertz CT molecular complexity index is 660. The molecule has 6 heteroatoms. The first kappa shape index (κ1) is 14.3. The minimum absolute atomic E-state index is 0.175. The van der Waals surface area contributed by atoms with Gasteiger partial charge in [-0.1, -0.05) is 0 Å². The summed E-state index contributed by atoms with van der Waals surface area (Å²) in [6, 6.07) is 0. The molecule has 0 saturated carbocycles. The number of likely N-dealkylation sites (tertiary alicyclic amines) is 1. The quantitative estimate of drug-likeness (QED) is 0.872. The number of nitrogens with zero attached hydrogens (tertiary/aromatic N) is 4. The van der Waals surface area contributed by atoms with Crippen molar-refractivity contribution in [3.05, 3.63) is 33.8 Å². The standard InChI is InChI=1S/C15H20N4OS/c1-10-7-18(3)15(16-10)12-4-5-19(8-12)14(20)6-13-9-21-11(2)17-13/h7,9,12H,4-6,8H2,1-3H3/t12-/m1/s1. The number of carbonyl (C=O) groups excluding carboxylic acids is 1. The molecule has 5 nitrogen and oxygen atoms in total. The van der Waals surface area contributed by atoms with Gasteiger partial charge in [0, 0.05) is 37.6 Å². The third-order valence-electron chi connectivity index (χ3n) is 3.94. The largest absolute Gasteiger partial charge is 0.342 e. The van der Waals surface area contributed by atoms with Crippen molar-refractivity contribution in [2.45, 2.75) is 32.6 Å². The van der Waals surface area contributed by atoms with Crippen LogP contribution >= 0.6 is 11.3 Å². The Morgan fingerprint density at radius 3 is 2.86 bits per heavy atom. The van der Waals surface area contributed by atoms with E-state index in [4.69, 9.17) is 0 Å². The Labute approximate surface area is 128 Å². The van der Waals surface area contributed by atoms with Gasteiger partial charge in [-0.25, -0.2) is 9.97 Å². The number of carbonyl (C=O) groups is 1. The fourth-order valence-electron chi connectivity index (χ4n) is 2.97. The highest BCUT2D eigenvalue weighted by Gasteiger charge is 2.30. The lowest BCUT2D eigenvalue weighted by molar-refractivity contribution is -0.129. The van der Waals surface area contributed by atoms with Gasteiger partial charge in [-0.15, -0.1) is 11.3 Å². The van der Waals surface area contributed by atoms with Crippen molar-refractivity contribution in [2.75, 3.05) is 13.1 Å². The van der Waals surface area contributed by atoms with E-state index in [-0.39, 0.29) is 5.91 Å². The number of thiazole rings is 1. The Hall–Kier alpha value is -1.69. The topological polar surface area (TPSA) is 51.0 Å². The lowest BCUT2D eigenvalue weighted by Crippen LogP contribution is -2.30. The molecule has 112 valence electrons. The van der Waals surface area contributed by atoms with Gasteiger partial charge in [-0.05, 0) is 20.3 Å². The third kappa shape index (κ3) is 3.00. The van der Waals surface area contributed by atoms with Crippen LogP contribution in [0.2, 0.25) is 0 Å². The van der Waals surface area contributed by atoms with Crippen molar-refractivity contribution in [1.29, 1.82) is 0 Å². The zero-order valence-corrected chi connectivity index (χ0v) is 13.5. The summed E-state index contributed by atoms with van der Waals surface area (Å²) in [5, 5.41) is 2.99. The van der Waals surface area contributed by atoms with E-state index in [9.17, 15) is 4.79 Å². The second kappa shape index (κ2) is 5.60. The molecule has 1 atom stereocenters. The fourth-order valence-corrected chi connectivity index (χ4v) is 3.58. The van der Waals surface area contributed by atoms with Crippen LogP contribution in [0.15, 0.2) is 11.6 Å². The van der Waals surface area contributed by atoms with Crippen LogP contribution in [0.3, 0.4) is 0 Å². The van der Waals surface area contributed by atoms with Gasteiger partial charge in [0.2, 0.25) is 5.91 Å². The molecule has 0 N–H and O–H groups in total. The maximum Gasteiger partial charge on any atom is 0.228 e. The third-order valence-corrected chi connectivity index (χ3v) is 4.76. The molecule has 0 bridgehead atoms. The van der Waals surface area contributed by atoms with Crippen LogP contribution in [0.4, 0.5) is 0 Å². The molecule has 0 radical (unpaired) electrons. The van der Waals surface area contributed by atoms with E-state index in [2.05, 4.69) is 14.5 Å².